The van der Waals surface area contributed by atoms with Gasteiger partial charge in [0.25, 0.3) is 0 Å². The van der Waals surface area contributed by atoms with Gasteiger partial charge in [-0.3, -0.25) is 4.68 Å². The van der Waals surface area contributed by atoms with Gasteiger partial charge in [-0.05, 0) is 37.6 Å². The summed E-state index contributed by atoms with van der Waals surface area (Å²) in [7, 11) is 0. The van der Waals surface area contributed by atoms with E-state index in [0.717, 1.165) is 40.0 Å². The maximum atomic E-state index is 6.30. The Bertz CT molecular complexity index is 970. The highest BCUT2D eigenvalue weighted by Crippen LogP contribution is 2.30. The van der Waals surface area contributed by atoms with Crippen molar-refractivity contribution in [2.45, 2.75) is 33.0 Å². The number of para-hydroxylation sites is 2. The summed E-state index contributed by atoms with van der Waals surface area (Å²) in [6, 6.07) is 15.7. The summed E-state index contributed by atoms with van der Waals surface area (Å²) in [4.78, 5) is 0. The highest BCUT2D eigenvalue weighted by Gasteiger charge is 2.20. The highest BCUT2D eigenvalue weighted by atomic mass is 35.5. The molecule has 6 heteroatoms. The molecular formula is C22H24ClN3O2. The molecule has 0 fully saturated rings. The maximum absolute atomic E-state index is 6.30. The number of benzene rings is 2. The zero-order valence-electron chi connectivity index (χ0n) is 16.1. The number of nitrogens with one attached hydrogen (secondary N) is 1. The Hall–Kier alpha value is -2.50. The van der Waals surface area contributed by atoms with E-state index in [1.807, 2.05) is 60.1 Å². The predicted molar refractivity (Wildman–Crippen MR) is 110 cm³/mol. The lowest BCUT2D eigenvalue weighted by molar-refractivity contribution is 0.0902. The zero-order chi connectivity index (χ0) is 19.5. The van der Waals surface area contributed by atoms with Crippen LogP contribution < -0.4 is 14.8 Å². The third-order valence-corrected chi connectivity index (χ3v) is 5.42. The van der Waals surface area contributed by atoms with Gasteiger partial charge < -0.3 is 14.8 Å². The average Bonchev–Trinajstić information content (AvgIpc) is 2.97. The summed E-state index contributed by atoms with van der Waals surface area (Å²) in [5, 5.41) is 8.96. The quantitative estimate of drug-likeness (QED) is 0.679. The Kier molecular flexibility index (Phi) is 5.55. The fourth-order valence-corrected chi connectivity index (χ4v) is 3.65. The number of aryl methyl sites for hydroxylation is 1. The van der Waals surface area contributed by atoms with Gasteiger partial charge in [0.05, 0.1) is 12.2 Å². The lowest BCUT2D eigenvalue weighted by atomic mass is 10.2. The van der Waals surface area contributed by atoms with Gasteiger partial charge in [0.1, 0.15) is 12.7 Å². The number of nitrogens with zero attached hydrogens (tertiary/aromatic N) is 2. The standard InChI is InChI=1S/C22H24ClN3O2/c1-15-19(16(2)26(25-15)13-17-7-3-4-8-20(17)23)12-24-11-18-14-27-21-9-5-6-10-22(21)28-18/h3-10,18,24H,11-14H2,1-2H3. The van der Waals surface area contributed by atoms with Crippen molar-refractivity contribution in [2.75, 3.05) is 13.2 Å². The summed E-state index contributed by atoms with van der Waals surface area (Å²) in [5.74, 6) is 1.62. The van der Waals surface area contributed by atoms with Crippen LogP contribution in [0, 0.1) is 13.8 Å². The van der Waals surface area contributed by atoms with Crippen molar-refractivity contribution < 1.29 is 9.47 Å². The van der Waals surface area contributed by atoms with E-state index in [9.17, 15) is 0 Å². The van der Waals surface area contributed by atoms with E-state index in [0.29, 0.717) is 19.7 Å². The minimum atomic E-state index is -0.00585. The molecule has 0 saturated carbocycles. The van der Waals surface area contributed by atoms with Gasteiger partial charge in [0.2, 0.25) is 0 Å². The molecule has 0 spiro atoms. The van der Waals surface area contributed by atoms with Crippen molar-refractivity contribution in [3.63, 3.8) is 0 Å². The normalized spacial score (nSPS) is 15.6. The van der Waals surface area contributed by atoms with Gasteiger partial charge in [-0.15, -0.1) is 0 Å². The van der Waals surface area contributed by atoms with Crippen LogP contribution in [0.5, 0.6) is 11.5 Å². The highest BCUT2D eigenvalue weighted by molar-refractivity contribution is 6.31. The van der Waals surface area contributed by atoms with Gasteiger partial charge in [-0.2, -0.15) is 5.10 Å². The first-order chi connectivity index (χ1) is 13.6. The summed E-state index contributed by atoms with van der Waals surface area (Å²) in [6.07, 6.45) is -0.00585. The molecule has 1 atom stereocenters. The second-order valence-corrected chi connectivity index (χ2v) is 7.43. The lowest BCUT2D eigenvalue weighted by Gasteiger charge is -2.26. The molecule has 28 heavy (non-hydrogen) atoms. The average molecular weight is 398 g/mol. The third kappa shape index (κ3) is 4.01. The van der Waals surface area contributed by atoms with Crippen LogP contribution in [0.3, 0.4) is 0 Å². The molecule has 146 valence electrons. The van der Waals surface area contributed by atoms with Gasteiger partial charge in [-0.1, -0.05) is 41.9 Å². The Morgan fingerprint density at radius 2 is 1.86 bits per heavy atom. The minimum Gasteiger partial charge on any atom is -0.486 e. The van der Waals surface area contributed by atoms with Crippen molar-refractivity contribution in [3.8, 4) is 11.5 Å². The molecule has 0 bridgehead atoms. The molecule has 0 saturated heterocycles. The molecule has 4 rings (SSSR count). The number of fused-ring (bicyclic) bond motifs is 1. The number of ether oxygens (including phenoxy) is 2. The fourth-order valence-electron chi connectivity index (χ4n) is 3.45. The molecule has 0 amide bonds. The van der Waals surface area contributed by atoms with Crippen LogP contribution in [0.15, 0.2) is 48.5 Å². The van der Waals surface area contributed by atoms with Gasteiger partial charge in [0.15, 0.2) is 11.5 Å². The van der Waals surface area contributed by atoms with Crippen LogP contribution in [0.2, 0.25) is 5.02 Å². The van der Waals surface area contributed by atoms with E-state index >= 15 is 0 Å². The minimum absolute atomic E-state index is 0.00585. The van der Waals surface area contributed by atoms with E-state index in [1.54, 1.807) is 0 Å². The van der Waals surface area contributed by atoms with Crippen LogP contribution in [0.1, 0.15) is 22.5 Å². The van der Waals surface area contributed by atoms with Gasteiger partial charge in [0, 0.05) is 29.4 Å². The molecule has 1 aromatic heterocycles. The van der Waals surface area contributed by atoms with Crippen molar-refractivity contribution in [1.29, 1.82) is 0 Å². The Morgan fingerprint density at radius 3 is 2.68 bits per heavy atom. The molecule has 1 unspecified atom stereocenters. The van der Waals surface area contributed by atoms with E-state index in [4.69, 9.17) is 26.2 Å². The van der Waals surface area contributed by atoms with E-state index in [1.165, 1.54) is 5.56 Å². The number of rotatable bonds is 6. The van der Waals surface area contributed by atoms with Crippen molar-refractivity contribution in [1.82, 2.24) is 15.1 Å². The van der Waals surface area contributed by atoms with Gasteiger partial charge >= 0.3 is 0 Å². The largest absolute Gasteiger partial charge is 0.486 e. The molecule has 3 aromatic rings. The van der Waals surface area contributed by atoms with E-state index < -0.39 is 0 Å². The Morgan fingerprint density at radius 1 is 1.11 bits per heavy atom. The number of hydrogen-bond acceptors (Lipinski definition) is 4. The summed E-state index contributed by atoms with van der Waals surface area (Å²) in [6.45, 7) is 6.81. The molecule has 1 aliphatic heterocycles. The zero-order valence-corrected chi connectivity index (χ0v) is 16.9. The third-order valence-electron chi connectivity index (χ3n) is 5.05. The molecule has 5 nitrogen and oxygen atoms in total. The van der Waals surface area contributed by atoms with Gasteiger partial charge in [-0.25, -0.2) is 0 Å². The van der Waals surface area contributed by atoms with Crippen molar-refractivity contribution >= 4 is 11.6 Å². The van der Waals surface area contributed by atoms with Crippen molar-refractivity contribution in [2.24, 2.45) is 0 Å². The van der Waals surface area contributed by atoms with Crippen LogP contribution in [-0.4, -0.2) is 29.0 Å². The Labute approximate surface area is 170 Å². The maximum Gasteiger partial charge on any atom is 0.161 e. The molecule has 1 N–H and O–H groups in total. The molecule has 2 heterocycles. The first-order valence-electron chi connectivity index (χ1n) is 9.47. The predicted octanol–water partition coefficient (Wildman–Crippen LogP) is 4.13. The lowest BCUT2D eigenvalue weighted by Crippen LogP contribution is -2.38. The van der Waals surface area contributed by atoms with Crippen LogP contribution in [0.4, 0.5) is 0 Å². The van der Waals surface area contributed by atoms with Crippen molar-refractivity contribution in [3.05, 3.63) is 76.1 Å². The second kappa shape index (κ2) is 8.25. The van der Waals surface area contributed by atoms with E-state index in [-0.39, 0.29) is 6.10 Å². The smallest absolute Gasteiger partial charge is 0.161 e. The topological polar surface area (TPSA) is 48.3 Å². The fraction of sp³-hybridized carbons (Fsp3) is 0.318. The number of halogens is 1. The van der Waals surface area contributed by atoms with E-state index in [2.05, 4.69) is 12.2 Å². The summed E-state index contributed by atoms with van der Waals surface area (Å²) < 4.78 is 13.8. The first kappa shape index (κ1) is 18.8. The second-order valence-electron chi connectivity index (χ2n) is 7.03. The number of aromatic nitrogens is 2. The molecular weight excluding hydrogens is 374 g/mol. The SMILES string of the molecule is Cc1nn(Cc2ccccc2Cl)c(C)c1CNCC1COc2ccccc2O1. The first-order valence-corrected chi connectivity index (χ1v) is 9.85. The summed E-state index contributed by atoms with van der Waals surface area (Å²) in [5.41, 5.74) is 4.46. The van der Waals surface area contributed by atoms with Crippen LogP contribution in [-0.2, 0) is 13.1 Å². The Balaban J connectivity index is 1.37. The molecule has 0 aliphatic carbocycles. The van der Waals surface area contributed by atoms with Crippen LogP contribution >= 0.6 is 11.6 Å². The van der Waals surface area contributed by atoms with Crippen LogP contribution in [0.25, 0.3) is 0 Å². The molecule has 0 radical (unpaired) electrons. The number of hydrogen-bond donors (Lipinski definition) is 1. The monoisotopic (exact) mass is 397 g/mol. The molecule has 2 aromatic carbocycles. The molecule has 1 aliphatic rings. The summed E-state index contributed by atoms with van der Waals surface area (Å²) >= 11 is 6.30.